The molecule has 0 aliphatic carbocycles. The Balaban J connectivity index is 1.50. The number of hydrogen-bond acceptors (Lipinski definition) is 4. The van der Waals surface area contributed by atoms with Crippen LogP contribution < -0.4 is 15.5 Å². The van der Waals surface area contributed by atoms with Crippen LogP contribution >= 0.6 is 11.6 Å². The first kappa shape index (κ1) is 18.3. The van der Waals surface area contributed by atoms with Crippen molar-refractivity contribution in [1.82, 2.24) is 14.8 Å². The number of amides is 1. The van der Waals surface area contributed by atoms with E-state index in [1.165, 1.54) is 19.3 Å². The average molecular weight is 390 g/mol. The number of benzene rings is 1. The van der Waals surface area contributed by atoms with Crippen LogP contribution in [0.1, 0.15) is 36.0 Å². The van der Waals surface area contributed by atoms with E-state index < -0.39 is 0 Å². The van der Waals surface area contributed by atoms with Crippen molar-refractivity contribution in [3.8, 4) is 5.75 Å². The van der Waals surface area contributed by atoms with Gasteiger partial charge in [-0.1, -0.05) is 18.0 Å². The molecule has 0 unspecified atom stereocenters. The Hall–Kier alpha value is -2.05. The molecule has 1 saturated heterocycles. The van der Waals surface area contributed by atoms with Gasteiger partial charge in [0.05, 0.1) is 22.5 Å². The summed E-state index contributed by atoms with van der Waals surface area (Å²) in [6.45, 7) is 4.92. The van der Waals surface area contributed by atoms with Crippen LogP contribution in [0.15, 0.2) is 23.1 Å². The number of rotatable bonds is 5. The second-order valence-electron chi connectivity index (χ2n) is 7.19. The number of carbonyl (C=O) groups excluding carboxylic acids is 1. The van der Waals surface area contributed by atoms with Gasteiger partial charge >= 0.3 is 0 Å². The Morgan fingerprint density at radius 1 is 1.19 bits per heavy atom. The number of pyridine rings is 1. The summed E-state index contributed by atoms with van der Waals surface area (Å²) in [7, 11) is 0. The van der Waals surface area contributed by atoms with Crippen molar-refractivity contribution in [2.24, 2.45) is 0 Å². The zero-order valence-electron chi connectivity index (χ0n) is 15.3. The molecular formula is C20H24ClN3O3. The number of nitrogens with zero attached hydrogens (tertiary/aromatic N) is 2. The van der Waals surface area contributed by atoms with Gasteiger partial charge in [0.2, 0.25) is 5.43 Å². The zero-order valence-corrected chi connectivity index (χ0v) is 16.1. The van der Waals surface area contributed by atoms with E-state index in [1.54, 1.807) is 18.3 Å². The van der Waals surface area contributed by atoms with Crippen LogP contribution in [0.5, 0.6) is 5.75 Å². The molecule has 6 nitrogen and oxygen atoms in total. The smallest absolute Gasteiger partial charge is 0.256 e. The lowest BCUT2D eigenvalue weighted by molar-refractivity contribution is 0.0949. The molecule has 0 bridgehead atoms. The van der Waals surface area contributed by atoms with Crippen molar-refractivity contribution >= 4 is 28.4 Å². The summed E-state index contributed by atoms with van der Waals surface area (Å²) in [6, 6.07) is 3.41. The molecule has 1 fully saturated rings. The van der Waals surface area contributed by atoms with Gasteiger partial charge in [0.15, 0.2) is 0 Å². The largest absolute Gasteiger partial charge is 0.490 e. The molecule has 2 aliphatic heterocycles. The van der Waals surface area contributed by atoms with Crippen molar-refractivity contribution in [3.63, 3.8) is 0 Å². The topological polar surface area (TPSA) is 63.6 Å². The maximum Gasteiger partial charge on any atom is 0.256 e. The predicted octanol–water partition coefficient (Wildman–Crippen LogP) is 2.65. The van der Waals surface area contributed by atoms with Crippen LogP contribution in [0.25, 0.3) is 10.9 Å². The van der Waals surface area contributed by atoms with Crippen molar-refractivity contribution in [1.29, 1.82) is 0 Å². The summed E-state index contributed by atoms with van der Waals surface area (Å²) in [4.78, 5) is 28.0. The molecule has 1 aromatic heterocycles. The molecule has 0 spiro atoms. The van der Waals surface area contributed by atoms with Gasteiger partial charge in [0, 0.05) is 12.7 Å². The second-order valence-corrected chi connectivity index (χ2v) is 7.60. The minimum atomic E-state index is -0.341. The van der Waals surface area contributed by atoms with E-state index in [9.17, 15) is 9.59 Å². The Bertz CT molecular complexity index is 919. The van der Waals surface area contributed by atoms with E-state index in [1.807, 2.05) is 4.57 Å². The first-order valence-corrected chi connectivity index (χ1v) is 10.0. The number of ether oxygens (including phenoxy) is 1. The summed E-state index contributed by atoms with van der Waals surface area (Å²) in [5.74, 6) is 0.295. The maximum atomic E-state index is 12.9. The van der Waals surface area contributed by atoms with Gasteiger partial charge in [-0.3, -0.25) is 9.59 Å². The van der Waals surface area contributed by atoms with Crippen LogP contribution in [-0.2, 0) is 6.54 Å². The normalized spacial score (nSPS) is 16.9. The Morgan fingerprint density at radius 2 is 2.00 bits per heavy atom. The van der Waals surface area contributed by atoms with E-state index in [0.717, 1.165) is 26.1 Å². The van der Waals surface area contributed by atoms with E-state index in [-0.39, 0.29) is 16.9 Å². The molecular weight excluding hydrogens is 366 g/mol. The summed E-state index contributed by atoms with van der Waals surface area (Å²) in [5, 5.41) is 3.60. The highest BCUT2D eigenvalue weighted by molar-refractivity contribution is 6.35. The highest BCUT2D eigenvalue weighted by Crippen LogP contribution is 2.31. The molecule has 2 aromatic rings. The zero-order chi connectivity index (χ0) is 18.8. The van der Waals surface area contributed by atoms with Crippen LogP contribution in [0.4, 0.5) is 0 Å². The van der Waals surface area contributed by atoms with E-state index in [0.29, 0.717) is 41.4 Å². The van der Waals surface area contributed by atoms with Gasteiger partial charge in [0.1, 0.15) is 17.9 Å². The fourth-order valence-corrected chi connectivity index (χ4v) is 4.19. The Morgan fingerprint density at radius 3 is 2.81 bits per heavy atom. The summed E-state index contributed by atoms with van der Waals surface area (Å²) >= 11 is 6.27. The van der Waals surface area contributed by atoms with Gasteiger partial charge in [-0.15, -0.1) is 0 Å². The molecule has 0 saturated carbocycles. The summed E-state index contributed by atoms with van der Waals surface area (Å²) < 4.78 is 7.51. The molecule has 3 heterocycles. The van der Waals surface area contributed by atoms with E-state index in [2.05, 4.69) is 10.2 Å². The van der Waals surface area contributed by atoms with Crippen molar-refractivity contribution < 1.29 is 9.53 Å². The van der Waals surface area contributed by atoms with Gasteiger partial charge in [-0.05, 0) is 51.0 Å². The SMILES string of the molecule is O=C(NCCCN1CCCCC1)c1cn2c3c(ccc(Cl)c3c1=O)OCC2. The number of aromatic nitrogens is 1. The van der Waals surface area contributed by atoms with Crippen LogP contribution in [0.3, 0.4) is 0 Å². The summed E-state index contributed by atoms with van der Waals surface area (Å²) in [5.41, 5.74) is 0.467. The van der Waals surface area contributed by atoms with Crippen molar-refractivity contribution in [2.45, 2.75) is 32.2 Å². The van der Waals surface area contributed by atoms with Gasteiger partial charge in [-0.2, -0.15) is 0 Å². The van der Waals surface area contributed by atoms with Crippen LogP contribution in [0, 0.1) is 0 Å². The number of carbonyl (C=O) groups is 1. The van der Waals surface area contributed by atoms with Crippen LogP contribution in [0.2, 0.25) is 5.02 Å². The fraction of sp³-hybridized carbons (Fsp3) is 0.500. The molecule has 2 aliphatic rings. The third-order valence-corrected chi connectivity index (χ3v) is 5.67. The van der Waals surface area contributed by atoms with Gasteiger partial charge in [-0.25, -0.2) is 0 Å². The molecule has 1 amide bonds. The minimum absolute atomic E-state index is 0.140. The highest BCUT2D eigenvalue weighted by Gasteiger charge is 2.22. The Kier molecular flexibility index (Phi) is 5.36. The molecule has 1 aromatic carbocycles. The average Bonchev–Trinajstić information content (AvgIpc) is 2.69. The number of hydrogen-bond donors (Lipinski definition) is 1. The standard InChI is InChI=1S/C20H24ClN3O3/c21-15-5-6-16-18-17(15)19(25)14(13-24(18)11-12-27-16)20(26)22-7-4-10-23-8-2-1-3-9-23/h5-6,13H,1-4,7-12H2,(H,22,26). The van der Waals surface area contributed by atoms with Crippen molar-refractivity contribution in [3.05, 3.63) is 39.1 Å². The molecule has 4 rings (SSSR count). The number of nitrogens with one attached hydrogen (secondary N) is 1. The van der Waals surface area contributed by atoms with Crippen molar-refractivity contribution in [2.75, 3.05) is 32.8 Å². The second kappa shape index (κ2) is 7.90. The highest BCUT2D eigenvalue weighted by atomic mass is 35.5. The van der Waals surface area contributed by atoms with Gasteiger partial charge in [0.25, 0.3) is 5.91 Å². The number of halogens is 1. The maximum absolute atomic E-state index is 12.9. The lowest BCUT2D eigenvalue weighted by atomic mass is 10.1. The molecule has 144 valence electrons. The molecule has 1 N–H and O–H groups in total. The van der Waals surface area contributed by atoms with E-state index >= 15 is 0 Å². The number of piperidine rings is 1. The predicted molar refractivity (Wildman–Crippen MR) is 106 cm³/mol. The molecule has 0 radical (unpaired) electrons. The lowest BCUT2D eigenvalue weighted by Crippen LogP contribution is -2.35. The Labute approximate surface area is 163 Å². The third-order valence-electron chi connectivity index (χ3n) is 5.35. The first-order chi connectivity index (χ1) is 13.1. The molecule has 0 atom stereocenters. The molecule has 27 heavy (non-hydrogen) atoms. The van der Waals surface area contributed by atoms with Crippen LogP contribution in [-0.4, -0.2) is 48.2 Å². The molecule has 7 heteroatoms. The third kappa shape index (κ3) is 3.69. The quantitative estimate of drug-likeness (QED) is 0.798. The minimum Gasteiger partial charge on any atom is -0.490 e. The number of likely N-dealkylation sites (tertiary alicyclic amines) is 1. The monoisotopic (exact) mass is 389 g/mol. The van der Waals surface area contributed by atoms with Gasteiger partial charge < -0.3 is 19.5 Å². The fourth-order valence-electron chi connectivity index (χ4n) is 3.95. The first-order valence-electron chi connectivity index (χ1n) is 9.64. The summed E-state index contributed by atoms with van der Waals surface area (Å²) in [6.07, 6.45) is 6.35. The van der Waals surface area contributed by atoms with E-state index in [4.69, 9.17) is 16.3 Å². The lowest BCUT2D eigenvalue weighted by Gasteiger charge is -2.26.